The Kier molecular flexibility index (Phi) is 3.64. The zero-order valence-corrected chi connectivity index (χ0v) is 18.6. The third-order valence-electron chi connectivity index (χ3n) is 7.24. The Balaban J connectivity index is 1.44. The number of nitrogens with one attached hydrogen (secondary N) is 1. The van der Waals surface area contributed by atoms with Crippen LogP contribution in [0.2, 0.25) is 0 Å². The van der Waals surface area contributed by atoms with Crippen molar-refractivity contribution >= 4 is 44.1 Å². The highest BCUT2D eigenvalue weighted by Gasteiger charge is 2.37. The Bertz CT molecular complexity index is 1720. The molecular weight excluding hydrogens is 402 g/mol. The number of benzene rings is 5. The summed E-state index contributed by atoms with van der Waals surface area (Å²) >= 11 is 0. The predicted molar refractivity (Wildman–Crippen MR) is 139 cm³/mol. The van der Waals surface area contributed by atoms with E-state index in [2.05, 4.69) is 116 Å². The van der Waals surface area contributed by atoms with Gasteiger partial charge in [0.25, 0.3) is 0 Å². The molecule has 0 amide bonds. The number of hydrogen-bond acceptors (Lipinski definition) is 2. The van der Waals surface area contributed by atoms with Gasteiger partial charge in [-0.1, -0.05) is 92.7 Å². The second-order valence-corrected chi connectivity index (χ2v) is 9.47. The van der Waals surface area contributed by atoms with Crippen LogP contribution in [-0.4, -0.2) is 0 Å². The fourth-order valence-electron chi connectivity index (χ4n) is 5.72. The van der Waals surface area contributed by atoms with E-state index in [1.54, 1.807) is 0 Å². The van der Waals surface area contributed by atoms with Crippen LogP contribution in [-0.2, 0) is 5.41 Å². The maximum Gasteiger partial charge on any atom is 0.158 e. The number of hydrogen-bond donors (Lipinski definition) is 1. The lowest BCUT2D eigenvalue weighted by Crippen LogP contribution is -2.16. The quantitative estimate of drug-likeness (QED) is 0.300. The molecule has 1 heterocycles. The molecule has 1 N–H and O–H groups in total. The van der Waals surface area contributed by atoms with Crippen molar-refractivity contribution in [2.45, 2.75) is 19.3 Å². The molecule has 158 valence electrons. The summed E-state index contributed by atoms with van der Waals surface area (Å²) < 4.78 is 6.54. The minimum Gasteiger partial charge on any atom is -0.453 e. The van der Waals surface area contributed by atoms with Crippen molar-refractivity contribution in [3.05, 3.63) is 108 Å². The number of anilines is 2. The van der Waals surface area contributed by atoms with Crippen molar-refractivity contribution in [1.82, 2.24) is 0 Å². The summed E-state index contributed by atoms with van der Waals surface area (Å²) in [5, 5.41) is 8.38. The van der Waals surface area contributed by atoms with Crippen molar-refractivity contribution in [3.63, 3.8) is 0 Å². The largest absolute Gasteiger partial charge is 0.453 e. The number of para-hydroxylation sites is 1. The standard InChI is InChI=1S/C31H23NO/c1-31(2)25-14-6-5-11-21(25)22-12-7-15-26(28(22)31)32-27-16-8-13-23-24-18-17-19-9-3-4-10-20(19)29(24)33-30(23)27/h3-18,32H,1-2H3. The van der Waals surface area contributed by atoms with E-state index in [-0.39, 0.29) is 5.41 Å². The Morgan fingerprint density at radius 2 is 1.27 bits per heavy atom. The van der Waals surface area contributed by atoms with Gasteiger partial charge in [-0.2, -0.15) is 0 Å². The van der Waals surface area contributed by atoms with Gasteiger partial charge in [-0.3, -0.25) is 0 Å². The first kappa shape index (κ1) is 18.5. The summed E-state index contributed by atoms with van der Waals surface area (Å²) in [5.41, 5.74) is 9.25. The molecule has 0 saturated heterocycles. The third kappa shape index (κ3) is 2.49. The highest BCUT2D eigenvalue weighted by molar-refractivity contribution is 6.17. The van der Waals surface area contributed by atoms with Crippen LogP contribution in [0, 0.1) is 0 Å². The molecule has 0 radical (unpaired) electrons. The molecule has 5 aromatic carbocycles. The number of furan rings is 1. The second-order valence-electron chi connectivity index (χ2n) is 9.47. The first-order valence-corrected chi connectivity index (χ1v) is 11.5. The van der Waals surface area contributed by atoms with Gasteiger partial charge >= 0.3 is 0 Å². The molecule has 0 spiro atoms. The number of fused-ring (bicyclic) bond motifs is 8. The lowest BCUT2D eigenvalue weighted by Gasteiger charge is -2.24. The summed E-state index contributed by atoms with van der Waals surface area (Å²) in [6.07, 6.45) is 0. The molecule has 1 aliphatic carbocycles. The van der Waals surface area contributed by atoms with Gasteiger partial charge in [0.15, 0.2) is 5.58 Å². The van der Waals surface area contributed by atoms with Crippen molar-refractivity contribution in [2.75, 3.05) is 5.32 Å². The van der Waals surface area contributed by atoms with E-state index < -0.39 is 0 Å². The summed E-state index contributed by atoms with van der Waals surface area (Å²) in [7, 11) is 0. The summed E-state index contributed by atoms with van der Waals surface area (Å²) in [6, 6.07) is 34.5. The van der Waals surface area contributed by atoms with E-state index in [4.69, 9.17) is 4.42 Å². The van der Waals surface area contributed by atoms with Crippen LogP contribution in [0.3, 0.4) is 0 Å². The van der Waals surface area contributed by atoms with Crippen LogP contribution in [0.15, 0.2) is 101 Å². The average Bonchev–Trinajstić information content (AvgIpc) is 3.34. The van der Waals surface area contributed by atoms with Crippen molar-refractivity contribution in [3.8, 4) is 11.1 Å². The highest BCUT2D eigenvalue weighted by Crippen LogP contribution is 2.52. The predicted octanol–water partition coefficient (Wildman–Crippen LogP) is 8.79. The summed E-state index contributed by atoms with van der Waals surface area (Å²) in [6.45, 7) is 4.63. The van der Waals surface area contributed by atoms with Crippen LogP contribution in [0.1, 0.15) is 25.0 Å². The molecular formula is C31H23NO. The van der Waals surface area contributed by atoms with Gasteiger partial charge in [-0.25, -0.2) is 0 Å². The Hall–Kier alpha value is -4.04. The van der Waals surface area contributed by atoms with E-state index in [9.17, 15) is 0 Å². The lowest BCUT2D eigenvalue weighted by atomic mass is 9.81. The topological polar surface area (TPSA) is 25.2 Å². The van der Waals surface area contributed by atoms with E-state index in [0.29, 0.717) is 0 Å². The molecule has 1 aliphatic rings. The van der Waals surface area contributed by atoms with Gasteiger partial charge in [0.1, 0.15) is 5.58 Å². The molecule has 33 heavy (non-hydrogen) atoms. The maximum absolute atomic E-state index is 6.54. The highest BCUT2D eigenvalue weighted by atomic mass is 16.3. The normalized spacial score (nSPS) is 14.0. The minimum absolute atomic E-state index is 0.0759. The molecule has 2 heteroatoms. The SMILES string of the molecule is CC1(C)c2ccccc2-c2cccc(Nc3cccc4c3oc3c5ccccc5ccc43)c21. The Morgan fingerprint density at radius 3 is 2.21 bits per heavy atom. The molecule has 0 bridgehead atoms. The Labute approximate surface area is 192 Å². The van der Waals surface area contributed by atoms with Gasteiger partial charge in [0.2, 0.25) is 0 Å². The molecule has 0 unspecified atom stereocenters. The fourth-order valence-corrected chi connectivity index (χ4v) is 5.72. The van der Waals surface area contributed by atoms with Gasteiger partial charge < -0.3 is 9.73 Å². The zero-order valence-electron chi connectivity index (χ0n) is 18.6. The molecule has 2 nitrogen and oxygen atoms in total. The fraction of sp³-hybridized carbons (Fsp3) is 0.0968. The molecule has 0 fully saturated rings. The Morgan fingerprint density at radius 1 is 0.576 bits per heavy atom. The molecule has 0 atom stereocenters. The third-order valence-corrected chi connectivity index (χ3v) is 7.24. The van der Waals surface area contributed by atoms with E-state index in [1.165, 1.54) is 27.6 Å². The monoisotopic (exact) mass is 425 g/mol. The van der Waals surface area contributed by atoms with Crippen molar-refractivity contribution in [2.24, 2.45) is 0 Å². The zero-order chi connectivity index (χ0) is 22.2. The molecule has 6 aromatic rings. The van der Waals surface area contributed by atoms with Gasteiger partial charge in [0.05, 0.1) is 5.69 Å². The smallest absolute Gasteiger partial charge is 0.158 e. The van der Waals surface area contributed by atoms with Gasteiger partial charge in [-0.05, 0) is 45.8 Å². The molecule has 7 rings (SSSR count). The van der Waals surface area contributed by atoms with Gasteiger partial charge in [-0.15, -0.1) is 0 Å². The van der Waals surface area contributed by atoms with Crippen LogP contribution in [0.4, 0.5) is 11.4 Å². The second kappa shape index (κ2) is 6.49. The summed E-state index contributed by atoms with van der Waals surface area (Å²) in [5.74, 6) is 0. The molecule has 0 saturated carbocycles. The van der Waals surface area contributed by atoms with Crippen LogP contribution in [0.5, 0.6) is 0 Å². The van der Waals surface area contributed by atoms with Gasteiger partial charge in [0, 0.05) is 27.3 Å². The van der Waals surface area contributed by atoms with Crippen LogP contribution in [0.25, 0.3) is 43.8 Å². The first-order valence-electron chi connectivity index (χ1n) is 11.5. The summed E-state index contributed by atoms with van der Waals surface area (Å²) in [4.78, 5) is 0. The molecule has 0 aliphatic heterocycles. The van der Waals surface area contributed by atoms with E-state index in [1.807, 2.05) is 0 Å². The van der Waals surface area contributed by atoms with Crippen LogP contribution < -0.4 is 5.32 Å². The number of rotatable bonds is 2. The minimum atomic E-state index is -0.0759. The maximum atomic E-state index is 6.54. The van der Waals surface area contributed by atoms with Crippen molar-refractivity contribution < 1.29 is 4.42 Å². The molecule has 1 aromatic heterocycles. The van der Waals surface area contributed by atoms with Crippen LogP contribution >= 0.6 is 0 Å². The van der Waals surface area contributed by atoms with Crippen molar-refractivity contribution in [1.29, 1.82) is 0 Å². The van der Waals surface area contributed by atoms with E-state index in [0.717, 1.165) is 38.7 Å². The lowest BCUT2D eigenvalue weighted by molar-refractivity contribution is 0.661. The first-order chi connectivity index (χ1) is 16.1. The average molecular weight is 426 g/mol. The van der Waals surface area contributed by atoms with E-state index >= 15 is 0 Å².